The van der Waals surface area contributed by atoms with Crippen molar-refractivity contribution in [2.45, 2.75) is 33.4 Å². The van der Waals surface area contributed by atoms with Crippen LogP contribution in [-0.4, -0.2) is 17.1 Å². The summed E-state index contributed by atoms with van der Waals surface area (Å²) in [4.78, 5) is 8.74. The summed E-state index contributed by atoms with van der Waals surface area (Å²) in [5.41, 5.74) is 3.21. The molecule has 2 aromatic rings. The van der Waals surface area contributed by atoms with Crippen LogP contribution in [0.15, 0.2) is 24.3 Å². The van der Waals surface area contributed by atoms with Crippen LogP contribution in [0.1, 0.15) is 29.4 Å². The molecule has 0 aliphatic rings. The summed E-state index contributed by atoms with van der Waals surface area (Å²) in [5.74, 6) is 1.55. The largest absolute Gasteiger partial charge is 0.380 e. The van der Waals surface area contributed by atoms with Gasteiger partial charge in [-0.3, -0.25) is 0 Å². The molecule has 0 aliphatic carbocycles. The summed E-state index contributed by atoms with van der Waals surface area (Å²) in [6.45, 7) is 5.24. The lowest BCUT2D eigenvalue weighted by atomic mass is 10.1. The Bertz CT molecular complexity index is 616. The lowest BCUT2D eigenvalue weighted by Gasteiger charge is -2.11. The van der Waals surface area contributed by atoms with E-state index in [4.69, 9.17) is 16.3 Å². The highest BCUT2D eigenvalue weighted by Gasteiger charge is 2.08. The number of halogens is 1. The average molecular weight is 306 g/mol. The van der Waals surface area contributed by atoms with Crippen molar-refractivity contribution >= 4 is 17.4 Å². The maximum absolute atomic E-state index is 6.14. The number of nitrogens with zero attached hydrogens (tertiary/aromatic N) is 2. The lowest BCUT2D eigenvalue weighted by Crippen LogP contribution is -2.07. The molecule has 0 amide bonds. The van der Waals surface area contributed by atoms with Crippen molar-refractivity contribution < 1.29 is 4.74 Å². The first-order valence-electron chi connectivity index (χ1n) is 6.97. The van der Waals surface area contributed by atoms with E-state index in [1.54, 1.807) is 7.11 Å². The van der Waals surface area contributed by atoms with E-state index >= 15 is 0 Å². The minimum Gasteiger partial charge on any atom is -0.380 e. The third-order valence-electron chi connectivity index (χ3n) is 3.21. The first kappa shape index (κ1) is 15.7. The Morgan fingerprint density at radius 3 is 2.71 bits per heavy atom. The van der Waals surface area contributed by atoms with E-state index in [9.17, 15) is 0 Å². The van der Waals surface area contributed by atoms with Gasteiger partial charge in [-0.05, 0) is 18.1 Å². The molecule has 1 aromatic heterocycles. The molecule has 0 bridgehead atoms. The van der Waals surface area contributed by atoms with Crippen molar-refractivity contribution in [2.75, 3.05) is 12.4 Å². The van der Waals surface area contributed by atoms with Crippen molar-refractivity contribution in [3.8, 4) is 0 Å². The summed E-state index contributed by atoms with van der Waals surface area (Å²) >= 11 is 6.14. The number of rotatable bonds is 6. The average Bonchev–Trinajstić information content (AvgIpc) is 2.49. The molecule has 0 spiro atoms. The van der Waals surface area contributed by atoms with Crippen molar-refractivity contribution in [2.24, 2.45) is 0 Å². The van der Waals surface area contributed by atoms with E-state index in [1.807, 2.05) is 19.9 Å². The Kier molecular flexibility index (Phi) is 5.53. The van der Waals surface area contributed by atoms with Gasteiger partial charge in [-0.25, -0.2) is 9.97 Å². The summed E-state index contributed by atoms with van der Waals surface area (Å²) in [6, 6.07) is 8.28. The molecule has 0 saturated heterocycles. The van der Waals surface area contributed by atoms with Crippen LogP contribution >= 0.6 is 11.6 Å². The van der Waals surface area contributed by atoms with Crippen LogP contribution in [-0.2, 0) is 24.3 Å². The van der Waals surface area contributed by atoms with E-state index in [2.05, 4.69) is 33.5 Å². The molecule has 21 heavy (non-hydrogen) atoms. The number of methoxy groups -OCH3 is 1. The van der Waals surface area contributed by atoms with Gasteiger partial charge in [0.25, 0.3) is 0 Å². The molecule has 0 aliphatic heterocycles. The number of benzene rings is 1. The molecule has 1 aromatic carbocycles. The van der Waals surface area contributed by atoms with Crippen molar-refractivity contribution in [1.82, 2.24) is 9.97 Å². The van der Waals surface area contributed by atoms with E-state index in [1.165, 1.54) is 5.56 Å². The van der Waals surface area contributed by atoms with Crippen LogP contribution in [0, 0.1) is 6.92 Å². The fourth-order valence-electron chi connectivity index (χ4n) is 2.04. The molecule has 0 radical (unpaired) electrons. The van der Waals surface area contributed by atoms with Gasteiger partial charge in [0.15, 0.2) is 0 Å². The van der Waals surface area contributed by atoms with E-state index in [-0.39, 0.29) is 0 Å². The molecule has 0 saturated carbocycles. The number of ether oxygens (including phenoxy) is 1. The SMILES string of the molecule is CCc1nc(Cl)c(C)c(NCc2cccc(COC)c2)n1. The van der Waals surface area contributed by atoms with E-state index in [0.717, 1.165) is 29.2 Å². The Balaban J connectivity index is 2.12. The first-order valence-corrected chi connectivity index (χ1v) is 7.35. The molecule has 4 nitrogen and oxygen atoms in total. The number of aryl methyl sites for hydroxylation is 1. The molecule has 112 valence electrons. The maximum Gasteiger partial charge on any atom is 0.137 e. The van der Waals surface area contributed by atoms with Gasteiger partial charge in [0.1, 0.15) is 16.8 Å². The molecule has 0 atom stereocenters. The summed E-state index contributed by atoms with van der Waals surface area (Å²) in [5, 5.41) is 3.85. The topological polar surface area (TPSA) is 47.0 Å². The highest BCUT2D eigenvalue weighted by Crippen LogP contribution is 2.20. The zero-order valence-corrected chi connectivity index (χ0v) is 13.4. The van der Waals surface area contributed by atoms with Crippen LogP contribution in [0.4, 0.5) is 5.82 Å². The molecule has 1 N–H and O–H groups in total. The number of hydrogen-bond acceptors (Lipinski definition) is 4. The second kappa shape index (κ2) is 7.38. The minimum atomic E-state index is 0.512. The maximum atomic E-state index is 6.14. The molecule has 2 rings (SSSR count). The smallest absolute Gasteiger partial charge is 0.137 e. The van der Waals surface area contributed by atoms with Crippen LogP contribution in [0.25, 0.3) is 0 Å². The van der Waals surface area contributed by atoms with Crippen molar-refractivity contribution in [1.29, 1.82) is 0 Å². The van der Waals surface area contributed by atoms with Crippen LogP contribution in [0.5, 0.6) is 0 Å². The number of anilines is 1. The number of hydrogen-bond donors (Lipinski definition) is 1. The third-order valence-corrected chi connectivity index (χ3v) is 3.58. The second-order valence-electron chi connectivity index (χ2n) is 4.86. The minimum absolute atomic E-state index is 0.512. The monoisotopic (exact) mass is 305 g/mol. The third kappa shape index (κ3) is 4.16. The zero-order chi connectivity index (χ0) is 15.2. The molecule has 1 heterocycles. The highest BCUT2D eigenvalue weighted by molar-refractivity contribution is 6.30. The van der Waals surface area contributed by atoms with E-state index in [0.29, 0.717) is 18.3 Å². The van der Waals surface area contributed by atoms with E-state index < -0.39 is 0 Å². The van der Waals surface area contributed by atoms with Crippen molar-refractivity contribution in [3.63, 3.8) is 0 Å². The molecule has 0 fully saturated rings. The molecular weight excluding hydrogens is 286 g/mol. The highest BCUT2D eigenvalue weighted by atomic mass is 35.5. The molecular formula is C16H20ClN3O. The number of nitrogens with one attached hydrogen (secondary N) is 1. The Labute approximate surface area is 130 Å². The standard InChI is InChI=1S/C16H20ClN3O/c1-4-14-19-15(17)11(2)16(20-14)18-9-12-6-5-7-13(8-12)10-21-3/h5-8H,4,9-10H2,1-3H3,(H,18,19,20). The van der Waals surface area contributed by atoms with Gasteiger partial charge >= 0.3 is 0 Å². The van der Waals surface area contributed by atoms with Gasteiger partial charge in [-0.15, -0.1) is 0 Å². The first-order chi connectivity index (χ1) is 10.1. The molecule has 5 heteroatoms. The van der Waals surface area contributed by atoms with Gasteiger partial charge in [0, 0.05) is 25.6 Å². The predicted molar refractivity (Wildman–Crippen MR) is 85.6 cm³/mol. The normalized spacial score (nSPS) is 10.7. The van der Waals surface area contributed by atoms with Gasteiger partial charge in [-0.1, -0.05) is 42.8 Å². The Hall–Kier alpha value is -1.65. The van der Waals surface area contributed by atoms with Gasteiger partial charge in [0.05, 0.1) is 6.61 Å². The summed E-state index contributed by atoms with van der Waals surface area (Å²) < 4.78 is 5.15. The Morgan fingerprint density at radius 2 is 2.00 bits per heavy atom. The van der Waals surface area contributed by atoms with Gasteiger partial charge < -0.3 is 10.1 Å². The van der Waals surface area contributed by atoms with Crippen LogP contribution in [0.3, 0.4) is 0 Å². The number of aromatic nitrogens is 2. The van der Waals surface area contributed by atoms with Gasteiger partial charge in [0.2, 0.25) is 0 Å². The second-order valence-corrected chi connectivity index (χ2v) is 5.22. The Morgan fingerprint density at radius 1 is 1.24 bits per heavy atom. The molecule has 0 unspecified atom stereocenters. The van der Waals surface area contributed by atoms with Crippen molar-refractivity contribution in [3.05, 3.63) is 51.9 Å². The van der Waals surface area contributed by atoms with Crippen LogP contribution < -0.4 is 5.32 Å². The fourth-order valence-corrected chi connectivity index (χ4v) is 2.23. The van der Waals surface area contributed by atoms with Gasteiger partial charge in [-0.2, -0.15) is 0 Å². The predicted octanol–water partition coefficient (Wildman–Crippen LogP) is 3.76. The summed E-state index contributed by atoms with van der Waals surface area (Å²) in [7, 11) is 1.70. The lowest BCUT2D eigenvalue weighted by molar-refractivity contribution is 0.185. The summed E-state index contributed by atoms with van der Waals surface area (Å²) in [6.07, 6.45) is 0.762. The zero-order valence-electron chi connectivity index (χ0n) is 12.6. The quantitative estimate of drug-likeness (QED) is 0.826. The fraction of sp³-hybridized carbons (Fsp3) is 0.375. The van der Waals surface area contributed by atoms with Crippen LogP contribution in [0.2, 0.25) is 5.15 Å².